The largest absolute Gasteiger partial charge is 0.381 e. The quantitative estimate of drug-likeness (QED) is 0.676. The number of carbonyl (C=O) groups is 1. The number of amides is 1. The van der Waals surface area contributed by atoms with Gasteiger partial charge in [-0.25, -0.2) is 9.37 Å². The average Bonchev–Trinajstić information content (AvgIpc) is 2.75. The Bertz CT molecular complexity index is 1140. The Balaban J connectivity index is 1.51. The molecule has 30 heavy (non-hydrogen) atoms. The molecule has 0 atom stereocenters. The third-order valence-corrected chi connectivity index (χ3v) is 5.85. The first-order chi connectivity index (χ1) is 14.5. The van der Waals surface area contributed by atoms with Crippen molar-refractivity contribution < 1.29 is 13.9 Å². The van der Waals surface area contributed by atoms with Crippen LogP contribution in [0.5, 0.6) is 0 Å². The summed E-state index contributed by atoms with van der Waals surface area (Å²) in [7, 11) is 0. The van der Waals surface area contributed by atoms with Crippen molar-refractivity contribution in [2.24, 2.45) is 0 Å². The number of nitrogens with zero attached hydrogens (tertiary/aromatic N) is 2. The highest BCUT2D eigenvalue weighted by atomic mass is 35.5. The van der Waals surface area contributed by atoms with Crippen molar-refractivity contribution >= 4 is 28.4 Å². The summed E-state index contributed by atoms with van der Waals surface area (Å²) in [4.78, 5) is 29.4. The second kappa shape index (κ2) is 8.53. The molecule has 0 spiro atoms. The number of halogens is 2. The van der Waals surface area contributed by atoms with Crippen LogP contribution < -0.4 is 10.9 Å². The predicted molar refractivity (Wildman–Crippen MR) is 112 cm³/mol. The van der Waals surface area contributed by atoms with Gasteiger partial charge in [-0.05, 0) is 48.7 Å². The van der Waals surface area contributed by atoms with Crippen molar-refractivity contribution in [1.82, 2.24) is 14.9 Å². The second-order valence-corrected chi connectivity index (χ2v) is 7.96. The molecule has 1 N–H and O–H groups in total. The highest BCUT2D eigenvalue weighted by Crippen LogP contribution is 2.35. The van der Waals surface area contributed by atoms with Gasteiger partial charge in [0, 0.05) is 30.2 Å². The molecule has 156 valence electrons. The third-order valence-electron chi connectivity index (χ3n) is 5.61. The third kappa shape index (κ3) is 4.22. The summed E-state index contributed by atoms with van der Waals surface area (Å²) in [5, 5.41) is 3.73. The summed E-state index contributed by atoms with van der Waals surface area (Å²) >= 11 is 6.18. The fourth-order valence-corrected chi connectivity index (χ4v) is 4.06. The molecular formula is C22H21ClFN3O3. The van der Waals surface area contributed by atoms with E-state index in [2.05, 4.69) is 10.3 Å². The maximum atomic E-state index is 13.5. The van der Waals surface area contributed by atoms with Gasteiger partial charge >= 0.3 is 0 Å². The van der Waals surface area contributed by atoms with Crippen LogP contribution in [0.3, 0.4) is 0 Å². The molecule has 2 heterocycles. The molecule has 0 unspecified atom stereocenters. The van der Waals surface area contributed by atoms with Gasteiger partial charge < -0.3 is 10.1 Å². The number of ether oxygens (including phenoxy) is 1. The number of hydrogen-bond acceptors (Lipinski definition) is 4. The second-order valence-electron chi connectivity index (χ2n) is 7.52. The minimum Gasteiger partial charge on any atom is -0.381 e. The number of nitrogens with one attached hydrogen (secondary N) is 1. The van der Waals surface area contributed by atoms with Gasteiger partial charge in [-0.15, -0.1) is 0 Å². The highest BCUT2D eigenvalue weighted by Gasteiger charge is 2.35. The molecule has 1 fully saturated rings. The van der Waals surface area contributed by atoms with E-state index >= 15 is 0 Å². The van der Waals surface area contributed by atoms with Crippen LogP contribution in [0.2, 0.25) is 5.02 Å². The minimum atomic E-state index is -0.522. The van der Waals surface area contributed by atoms with Gasteiger partial charge in [0.15, 0.2) is 0 Å². The van der Waals surface area contributed by atoms with E-state index in [-0.39, 0.29) is 23.3 Å². The number of rotatable bonds is 5. The first-order valence-corrected chi connectivity index (χ1v) is 10.1. The molecule has 3 aromatic rings. The summed E-state index contributed by atoms with van der Waals surface area (Å²) < 4.78 is 20.2. The van der Waals surface area contributed by atoms with Gasteiger partial charge in [0.2, 0.25) is 5.91 Å². The van der Waals surface area contributed by atoms with Crippen LogP contribution in [-0.4, -0.2) is 35.2 Å². The molecule has 2 aromatic carbocycles. The molecule has 1 aromatic heterocycles. The number of aromatic nitrogens is 2. The minimum absolute atomic E-state index is 0.144. The number of hydrogen-bond donors (Lipinski definition) is 1. The zero-order chi connectivity index (χ0) is 21.1. The smallest absolute Gasteiger partial charge is 0.261 e. The van der Waals surface area contributed by atoms with Crippen molar-refractivity contribution in [2.75, 3.05) is 19.8 Å². The van der Waals surface area contributed by atoms with Gasteiger partial charge in [0.1, 0.15) is 12.4 Å². The van der Waals surface area contributed by atoms with Crippen LogP contribution in [0.15, 0.2) is 53.6 Å². The van der Waals surface area contributed by atoms with Crippen LogP contribution in [0, 0.1) is 5.82 Å². The summed E-state index contributed by atoms with van der Waals surface area (Å²) in [6, 6.07) is 11.5. The Morgan fingerprint density at radius 2 is 2.03 bits per heavy atom. The molecule has 1 saturated heterocycles. The topological polar surface area (TPSA) is 73.2 Å². The zero-order valence-electron chi connectivity index (χ0n) is 16.2. The zero-order valence-corrected chi connectivity index (χ0v) is 17.0. The predicted octanol–water partition coefficient (Wildman–Crippen LogP) is 3.05. The molecule has 1 amide bonds. The SMILES string of the molecule is O=C(Cn1cnc2ccc(F)cc2c1=O)NCC1(c2cccc(Cl)c2)CCOCC1. The molecule has 1 aliphatic heterocycles. The van der Waals surface area contributed by atoms with E-state index in [4.69, 9.17) is 16.3 Å². The monoisotopic (exact) mass is 429 g/mol. The normalized spacial score (nSPS) is 15.8. The Morgan fingerprint density at radius 1 is 1.23 bits per heavy atom. The molecule has 1 aliphatic rings. The van der Waals surface area contributed by atoms with Crippen molar-refractivity contribution in [2.45, 2.75) is 24.8 Å². The van der Waals surface area contributed by atoms with E-state index < -0.39 is 11.4 Å². The Morgan fingerprint density at radius 3 is 2.80 bits per heavy atom. The first kappa shape index (κ1) is 20.5. The van der Waals surface area contributed by atoms with E-state index in [9.17, 15) is 14.0 Å². The summed E-state index contributed by atoms with van der Waals surface area (Å²) in [6.07, 6.45) is 2.82. The van der Waals surface area contributed by atoms with Crippen molar-refractivity contribution in [3.05, 3.63) is 75.5 Å². The molecule has 0 saturated carbocycles. The van der Waals surface area contributed by atoms with Gasteiger partial charge in [0.25, 0.3) is 5.56 Å². The maximum Gasteiger partial charge on any atom is 0.261 e. The number of carbonyl (C=O) groups excluding carboxylic acids is 1. The molecule has 8 heteroatoms. The fourth-order valence-electron chi connectivity index (χ4n) is 3.87. The Labute approximate surface area is 177 Å². The standard InChI is InChI=1S/C22H21ClFN3O3/c23-16-3-1-2-15(10-16)22(6-8-30-9-7-22)13-25-20(28)12-27-14-26-19-5-4-17(24)11-18(19)21(27)29/h1-5,10-11,14H,6-9,12-13H2,(H,25,28). The van der Waals surface area contributed by atoms with E-state index in [0.29, 0.717) is 30.3 Å². The lowest BCUT2D eigenvalue weighted by Gasteiger charge is -2.38. The first-order valence-electron chi connectivity index (χ1n) is 9.72. The average molecular weight is 430 g/mol. The van der Waals surface area contributed by atoms with Crippen molar-refractivity contribution in [3.8, 4) is 0 Å². The van der Waals surface area contributed by atoms with Gasteiger partial charge in [-0.3, -0.25) is 14.2 Å². The van der Waals surface area contributed by atoms with Gasteiger partial charge in [0.05, 0.1) is 17.2 Å². The Kier molecular flexibility index (Phi) is 5.83. The lowest BCUT2D eigenvalue weighted by Crippen LogP contribution is -2.45. The molecule has 6 nitrogen and oxygen atoms in total. The van der Waals surface area contributed by atoms with Crippen LogP contribution in [0.25, 0.3) is 10.9 Å². The van der Waals surface area contributed by atoms with Crippen LogP contribution in [0.4, 0.5) is 4.39 Å². The van der Waals surface area contributed by atoms with E-state index in [0.717, 1.165) is 24.5 Å². The molecule has 0 bridgehead atoms. The highest BCUT2D eigenvalue weighted by molar-refractivity contribution is 6.30. The van der Waals surface area contributed by atoms with Crippen molar-refractivity contribution in [3.63, 3.8) is 0 Å². The van der Waals surface area contributed by atoms with Gasteiger partial charge in [-0.2, -0.15) is 0 Å². The van der Waals surface area contributed by atoms with E-state index in [1.807, 2.05) is 24.3 Å². The Hall–Kier alpha value is -2.77. The van der Waals surface area contributed by atoms with Crippen LogP contribution >= 0.6 is 11.6 Å². The summed E-state index contributed by atoms with van der Waals surface area (Å²) in [6.45, 7) is 1.41. The molecular weight excluding hydrogens is 409 g/mol. The van der Waals surface area contributed by atoms with E-state index in [1.54, 1.807) is 0 Å². The van der Waals surface area contributed by atoms with Gasteiger partial charge in [-0.1, -0.05) is 23.7 Å². The number of benzene rings is 2. The van der Waals surface area contributed by atoms with Crippen molar-refractivity contribution in [1.29, 1.82) is 0 Å². The molecule has 4 rings (SSSR count). The maximum absolute atomic E-state index is 13.5. The van der Waals surface area contributed by atoms with Crippen LogP contribution in [-0.2, 0) is 21.5 Å². The summed E-state index contributed by atoms with van der Waals surface area (Å²) in [5.41, 5.74) is 0.707. The fraction of sp³-hybridized carbons (Fsp3) is 0.318. The van der Waals surface area contributed by atoms with E-state index in [1.165, 1.54) is 23.0 Å². The lowest BCUT2D eigenvalue weighted by molar-refractivity contribution is -0.122. The lowest BCUT2D eigenvalue weighted by atomic mass is 9.74. The molecule has 0 radical (unpaired) electrons. The van der Waals surface area contributed by atoms with Crippen LogP contribution in [0.1, 0.15) is 18.4 Å². The number of fused-ring (bicyclic) bond motifs is 1. The summed E-state index contributed by atoms with van der Waals surface area (Å²) in [5.74, 6) is -0.839. The molecule has 0 aliphatic carbocycles.